The quantitative estimate of drug-likeness (QED) is 0.317. The minimum absolute atomic E-state index is 0.332. The van der Waals surface area contributed by atoms with E-state index in [0.717, 1.165) is 27.4 Å². The normalized spacial score (nSPS) is 12.1. The van der Waals surface area contributed by atoms with Crippen LogP contribution in [0.3, 0.4) is 0 Å². The van der Waals surface area contributed by atoms with E-state index < -0.39 is 22.1 Å². The topological polar surface area (TPSA) is 81.6 Å². The Hall–Kier alpha value is -3.70. The van der Waals surface area contributed by atoms with Gasteiger partial charge in [0, 0.05) is 35.6 Å². The molecule has 0 bridgehead atoms. The third kappa shape index (κ3) is 5.26. The lowest BCUT2D eigenvalue weighted by molar-refractivity contribution is -0.274. The Kier molecular flexibility index (Phi) is 6.87. The van der Waals surface area contributed by atoms with Gasteiger partial charge in [-0.05, 0) is 67.6 Å². The van der Waals surface area contributed by atoms with Crippen molar-refractivity contribution in [2.45, 2.75) is 24.7 Å². The third-order valence-corrected chi connectivity index (χ3v) is 7.20. The van der Waals surface area contributed by atoms with E-state index >= 15 is 0 Å². The van der Waals surface area contributed by atoms with Gasteiger partial charge in [0.15, 0.2) is 0 Å². The minimum atomic E-state index is -4.94. The van der Waals surface area contributed by atoms with Crippen LogP contribution in [0, 0.1) is 6.92 Å². The Morgan fingerprint density at radius 1 is 1.00 bits per heavy atom. The first-order chi connectivity index (χ1) is 17.0. The molecule has 0 saturated carbocycles. The number of benzene rings is 3. The second kappa shape index (κ2) is 9.75. The number of nitrogens with zero attached hydrogens (tertiary/aromatic N) is 1. The summed E-state index contributed by atoms with van der Waals surface area (Å²) in [5, 5.41) is 6.98. The number of aromatic nitrogens is 1. The number of hydrogen-bond acceptors (Lipinski definition) is 6. The van der Waals surface area contributed by atoms with Crippen molar-refractivity contribution in [1.82, 2.24) is 9.29 Å². The van der Waals surface area contributed by atoms with Gasteiger partial charge in [0.25, 0.3) is 10.0 Å². The van der Waals surface area contributed by atoms with Crippen LogP contribution in [-0.4, -0.2) is 32.9 Å². The van der Waals surface area contributed by atoms with Gasteiger partial charge in [-0.15, -0.1) is 13.2 Å². The molecule has 4 aromatic rings. The molecule has 0 unspecified atom stereocenters. The molecule has 1 heterocycles. The van der Waals surface area contributed by atoms with Gasteiger partial charge in [0.05, 0.1) is 17.5 Å². The van der Waals surface area contributed by atoms with Gasteiger partial charge in [0.2, 0.25) is 0 Å². The van der Waals surface area contributed by atoms with E-state index in [0.29, 0.717) is 34.4 Å². The molecule has 190 valence electrons. The number of methoxy groups -OCH3 is 1. The number of aryl methyl sites for hydroxylation is 1. The van der Waals surface area contributed by atoms with Crippen LogP contribution < -0.4 is 20.1 Å². The maximum atomic E-state index is 13.5. The zero-order valence-electron chi connectivity index (χ0n) is 19.7. The van der Waals surface area contributed by atoms with Gasteiger partial charge in [-0.3, -0.25) is 0 Å². The highest BCUT2D eigenvalue weighted by Gasteiger charge is 2.32. The van der Waals surface area contributed by atoms with Gasteiger partial charge >= 0.3 is 6.36 Å². The predicted octanol–water partition coefficient (Wildman–Crippen LogP) is 5.56. The molecule has 3 aromatic carbocycles. The molecule has 36 heavy (non-hydrogen) atoms. The number of alkyl halides is 3. The Morgan fingerprint density at radius 3 is 2.44 bits per heavy atom. The fourth-order valence-electron chi connectivity index (χ4n) is 3.88. The van der Waals surface area contributed by atoms with Crippen molar-refractivity contribution in [1.29, 1.82) is 0 Å². The number of fused-ring (bicyclic) bond motifs is 1. The average molecular weight is 520 g/mol. The molecular formula is C25H24F3N3O4S. The summed E-state index contributed by atoms with van der Waals surface area (Å²) in [5.41, 5.74) is 3.46. The van der Waals surface area contributed by atoms with E-state index in [9.17, 15) is 21.6 Å². The molecule has 0 atom stereocenters. The SMILES string of the molecule is CNCc1cn(S(=O)(=O)c2cccc(OC(F)(F)F)c2)c2cc(Nc3ccc(OC)cc3C)ccc12. The molecule has 4 rings (SSSR count). The molecule has 0 spiro atoms. The molecule has 0 saturated heterocycles. The second-order valence-electron chi connectivity index (χ2n) is 8.05. The van der Waals surface area contributed by atoms with Gasteiger partial charge in [-0.1, -0.05) is 12.1 Å². The van der Waals surface area contributed by atoms with E-state index in [4.69, 9.17) is 4.74 Å². The highest BCUT2D eigenvalue weighted by molar-refractivity contribution is 7.90. The summed E-state index contributed by atoms with van der Waals surface area (Å²) in [6.07, 6.45) is -3.47. The third-order valence-electron chi connectivity index (χ3n) is 5.53. The first-order valence-corrected chi connectivity index (χ1v) is 12.3. The molecule has 0 aliphatic rings. The van der Waals surface area contributed by atoms with Crippen molar-refractivity contribution in [3.05, 3.63) is 78.0 Å². The highest BCUT2D eigenvalue weighted by atomic mass is 32.2. The average Bonchev–Trinajstić information content (AvgIpc) is 3.18. The number of nitrogens with one attached hydrogen (secondary N) is 2. The summed E-state index contributed by atoms with van der Waals surface area (Å²) in [5.74, 6) is 0.0923. The monoisotopic (exact) mass is 519 g/mol. The standard InChI is InChI=1S/C25H24F3N3O4S/c1-16-11-19(34-3)8-10-23(16)30-18-7-9-22-17(14-29-2)15-31(24(22)12-18)36(32,33)21-6-4-5-20(13-21)35-25(26,27)28/h4-13,15,29-30H,14H2,1-3H3. The highest BCUT2D eigenvalue weighted by Crippen LogP contribution is 2.32. The molecule has 0 amide bonds. The lowest BCUT2D eigenvalue weighted by atomic mass is 10.1. The van der Waals surface area contributed by atoms with Crippen LogP contribution in [0.4, 0.5) is 24.5 Å². The van der Waals surface area contributed by atoms with Crippen molar-refractivity contribution in [2.24, 2.45) is 0 Å². The molecule has 2 N–H and O–H groups in total. The van der Waals surface area contributed by atoms with E-state index in [-0.39, 0.29) is 4.90 Å². The van der Waals surface area contributed by atoms with Crippen molar-refractivity contribution >= 4 is 32.3 Å². The van der Waals surface area contributed by atoms with Crippen molar-refractivity contribution in [3.8, 4) is 11.5 Å². The summed E-state index contributed by atoms with van der Waals surface area (Å²) in [7, 11) is -0.935. The number of halogens is 3. The van der Waals surface area contributed by atoms with E-state index in [1.807, 2.05) is 31.2 Å². The van der Waals surface area contributed by atoms with Crippen LogP contribution in [0.1, 0.15) is 11.1 Å². The zero-order valence-corrected chi connectivity index (χ0v) is 20.5. The first-order valence-electron chi connectivity index (χ1n) is 10.8. The summed E-state index contributed by atoms with van der Waals surface area (Å²) in [6.45, 7) is 2.30. The Morgan fingerprint density at radius 2 is 1.78 bits per heavy atom. The molecule has 0 fully saturated rings. The summed E-state index contributed by atoms with van der Waals surface area (Å²) in [6, 6.07) is 15.2. The zero-order chi connectivity index (χ0) is 26.1. The summed E-state index contributed by atoms with van der Waals surface area (Å²) >= 11 is 0. The molecule has 0 aliphatic heterocycles. The second-order valence-corrected chi connectivity index (χ2v) is 9.86. The van der Waals surface area contributed by atoms with Gasteiger partial charge in [-0.25, -0.2) is 12.4 Å². The molecule has 0 aliphatic carbocycles. The maximum Gasteiger partial charge on any atom is 0.573 e. The Bertz CT molecular complexity index is 1520. The molecule has 1 aromatic heterocycles. The van der Waals surface area contributed by atoms with Crippen molar-refractivity contribution in [3.63, 3.8) is 0 Å². The first kappa shape index (κ1) is 25.4. The fourth-order valence-corrected chi connectivity index (χ4v) is 5.30. The van der Waals surface area contributed by atoms with Crippen LogP contribution in [0.15, 0.2) is 71.8 Å². The number of ether oxygens (including phenoxy) is 2. The maximum absolute atomic E-state index is 13.5. The lowest BCUT2D eigenvalue weighted by Gasteiger charge is -2.13. The Labute approximate surface area is 206 Å². The molecular weight excluding hydrogens is 495 g/mol. The van der Waals surface area contributed by atoms with Crippen LogP contribution >= 0.6 is 0 Å². The van der Waals surface area contributed by atoms with Gasteiger partial charge in [-0.2, -0.15) is 0 Å². The van der Waals surface area contributed by atoms with Crippen LogP contribution in [0.2, 0.25) is 0 Å². The fraction of sp³-hybridized carbons (Fsp3) is 0.200. The van der Waals surface area contributed by atoms with Crippen LogP contribution in [-0.2, 0) is 16.6 Å². The predicted molar refractivity (Wildman–Crippen MR) is 131 cm³/mol. The van der Waals surface area contributed by atoms with Crippen molar-refractivity contribution in [2.75, 3.05) is 19.5 Å². The van der Waals surface area contributed by atoms with Gasteiger partial charge < -0.3 is 20.1 Å². The van der Waals surface area contributed by atoms with Crippen molar-refractivity contribution < 1.29 is 31.1 Å². The van der Waals surface area contributed by atoms with Crippen LogP contribution in [0.25, 0.3) is 10.9 Å². The molecule has 7 nitrogen and oxygen atoms in total. The van der Waals surface area contributed by atoms with E-state index in [1.54, 1.807) is 26.3 Å². The largest absolute Gasteiger partial charge is 0.573 e. The molecule has 0 radical (unpaired) electrons. The van der Waals surface area contributed by atoms with Gasteiger partial charge in [0.1, 0.15) is 11.5 Å². The lowest BCUT2D eigenvalue weighted by Crippen LogP contribution is -2.18. The summed E-state index contributed by atoms with van der Waals surface area (Å²) in [4.78, 5) is -0.332. The summed E-state index contributed by atoms with van der Waals surface area (Å²) < 4.78 is 75.4. The number of rotatable bonds is 8. The molecule has 11 heteroatoms. The van der Waals surface area contributed by atoms with E-state index in [2.05, 4.69) is 15.4 Å². The smallest absolute Gasteiger partial charge is 0.497 e. The Balaban J connectivity index is 1.79. The van der Waals surface area contributed by atoms with Crippen LogP contribution in [0.5, 0.6) is 11.5 Å². The minimum Gasteiger partial charge on any atom is -0.497 e. The van der Waals surface area contributed by atoms with E-state index in [1.165, 1.54) is 18.3 Å². The number of hydrogen-bond donors (Lipinski definition) is 2. The number of anilines is 2.